The fourth-order valence-corrected chi connectivity index (χ4v) is 4.94. The SMILES string of the molecule is Cc1cccc(C(C)(O)C2CCOC3(CCSC3)C2)c1. The molecule has 1 spiro atoms. The maximum atomic E-state index is 11.1. The minimum atomic E-state index is -0.754. The van der Waals surface area contributed by atoms with Gasteiger partial charge in [0.2, 0.25) is 0 Å². The lowest BCUT2D eigenvalue weighted by Crippen LogP contribution is -2.46. The average molecular weight is 292 g/mol. The number of thioether (sulfide) groups is 1. The summed E-state index contributed by atoms with van der Waals surface area (Å²) in [5, 5.41) is 11.1. The fourth-order valence-electron chi connectivity index (χ4n) is 3.57. The smallest absolute Gasteiger partial charge is 0.0898 e. The lowest BCUT2D eigenvalue weighted by molar-refractivity contribution is -0.129. The Morgan fingerprint density at radius 3 is 3.00 bits per heavy atom. The van der Waals surface area contributed by atoms with Crippen LogP contribution in [-0.4, -0.2) is 28.8 Å². The highest BCUT2D eigenvalue weighted by Gasteiger charge is 2.46. The molecule has 2 saturated heterocycles. The monoisotopic (exact) mass is 292 g/mol. The molecule has 110 valence electrons. The van der Waals surface area contributed by atoms with Gasteiger partial charge in [-0.3, -0.25) is 0 Å². The van der Waals surface area contributed by atoms with Gasteiger partial charge in [0.05, 0.1) is 11.2 Å². The second-order valence-electron chi connectivity index (χ2n) is 6.54. The molecular formula is C17H24O2S. The van der Waals surface area contributed by atoms with E-state index in [1.807, 2.05) is 24.8 Å². The summed E-state index contributed by atoms with van der Waals surface area (Å²) < 4.78 is 6.08. The molecule has 0 aliphatic carbocycles. The number of hydrogen-bond donors (Lipinski definition) is 1. The molecule has 3 heteroatoms. The van der Waals surface area contributed by atoms with Crippen LogP contribution in [0.5, 0.6) is 0 Å². The topological polar surface area (TPSA) is 29.5 Å². The van der Waals surface area contributed by atoms with Crippen LogP contribution in [0.25, 0.3) is 0 Å². The Bertz CT molecular complexity index is 478. The second kappa shape index (κ2) is 5.36. The quantitative estimate of drug-likeness (QED) is 0.904. The van der Waals surface area contributed by atoms with Crippen LogP contribution in [0.3, 0.4) is 0 Å². The van der Waals surface area contributed by atoms with E-state index in [-0.39, 0.29) is 11.5 Å². The minimum absolute atomic E-state index is 0.0292. The van der Waals surface area contributed by atoms with Gasteiger partial charge in [0.15, 0.2) is 0 Å². The third-order valence-corrected chi connectivity index (χ3v) is 6.18. The molecule has 3 unspecified atom stereocenters. The van der Waals surface area contributed by atoms with Crippen LogP contribution in [0.4, 0.5) is 0 Å². The Morgan fingerprint density at radius 1 is 1.45 bits per heavy atom. The molecule has 20 heavy (non-hydrogen) atoms. The van der Waals surface area contributed by atoms with Crippen LogP contribution in [0.15, 0.2) is 24.3 Å². The third-order valence-electron chi connectivity index (χ3n) is 4.96. The van der Waals surface area contributed by atoms with Crippen molar-refractivity contribution in [3.63, 3.8) is 0 Å². The first-order valence-electron chi connectivity index (χ1n) is 7.53. The molecule has 2 aliphatic rings. The second-order valence-corrected chi connectivity index (χ2v) is 7.65. The lowest BCUT2D eigenvalue weighted by Gasteiger charge is -2.44. The Morgan fingerprint density at radius 2 is 2.30 bits per heavy atom. The van der Waals surface area contributed by atoms with Crippen molar-refractivity contribution in [2.75, 3.05) is 18.1 Å². The average Bonchev–Trinajstić information content (AvgIpc) is 2.87. The first-order chi connectivity index (χ1) is 9.52. The van der Waals surface area contributed by atoms with Gasteiger partial charge < -0.3 is 9.84 Å². The van der Waals surface area contributed by atoms with Crippen LogP contribution in [0.2, 0.25) is 0 Å². The molecule has 2 heterocycles. The van der Waals surface area contributed by atoms with E-state index in [1.54, 1.807) is 0 Å². The van der Waals surface area contributed by atoms with Crippen LogP contribution in [0, 0.1) is 12.8 Å². The standard InChI is InChI=1S/C17H24O2S/c1-13-4-3-5-14(10-13)16(2,18)15-6-8-19-17(11-15)7-9-20-12-17/h3-5,10,15,18H,6-9,11-12H2,1-2H3. The highest BCUT2D eigenvalue weighted by atomic mass is 32.2. The molecule has 1 aromatic carbocycles. The van der Waals surface area contributed by atoms with E-state index in [4.69, 9.17) is 4.74 Å². The summed E-state index contributed by atoms with van der Waals surface area (Å²) in [6.45, 7) is 4.85. The van der Waals surface area contributed by atoms with Crippen molar-refractivity contribution in [3.8, 4) is 0 Å². The van der Waals surface area contributed by atoms with Crippen LogP contribution in [-0.2, 0) is 10.3 Å². The molecule has 1 aromatic rings. The van der Waals surface area contributed by atoms with Gasteiger partial charge in [0.1, 0.15) is 0 Å². The van der Waals surface area contributed by atoms with Crippen molar-refractivity contribution in [1.29, 1.82) is 0 Å². The highest BCUT2D eigenvalue weighted by molar-refractivity contribution is 7.99. The van der Waals surface area contributed by atoms with Gasteiger partial charge in [-0.05, 0) is 50.3 Å². The molecule has 2 nitrogen and oxygen atoms in total. The molecular weight excluding hydrogens is 268 g/mol. The highest BCUT2D eigenvalue weighted by Crippen LogP contribution is 2.46. The van der Waals surface area contributed by atoms with Crippen molar-refractivity contribution in [3.05, 3.63) is 35.4 Å². The van der Waals surface area contributed by atoms with Gasteiger partial charge in [0.25, 0.3) is 0 Å². The van der Waals surface area contributed by atoms with E-state index in [0.717, 1.165) is 37.2 Å². The van der Waals surface area contributed by atoms with Crippen molar-refractivity contribution < 1.29 is 9.84 Å². The van der Waals surface area contributed by atoms with Crippen LogP contribution < -0.4 is 0 Å². The largest absolute Gasteiger partial charge is 0.385 e. The predicted molar refractivity (Wildman–Crippen MR) is 84.1 cm³/mol. The van der Waals surface area contributed by atoms with Gasteiger partial charge in [-0.25, -0.2) is 0 Å². The van der Waals surface area contributed by atoms with Crippen molar-refractivity contribution in [2.24, 2.45) is 5.92 Å². The van der Waals surface area contributed by atoms with Gasteiger partial charge in [-0.1, -0.05) is 29.8 Å². The Kier molecular flexibility index (Phi) is 3.87. The normalized spacial score (nSPS) is 33.2. The van der Waals surface area contributed by atoms with E-state index >= 15 is 0 Å². The summed E-state index contributed by atoms with van der Waals surface area (Å²) in [5.41, 5.74) is 1.53. The first kappa shape index (κ1) is 14.4. The van der Waals surface area contributed by atoms with E-state index in [9.17, 15) is 5.11 Å². The number of rotatable bonds is 2. The Balaban J connectivity index is 1.83. The molecule has 0 bridgehead atoms. The molecule has 0 aromatic heterocycles. The summed E-state index contributed by atoms with van der Waals surface area (Å²) in [6.07, 6.45) is 3.08. The zero-order valence-corrected chi connectivity index (χ0v) is 13.2. The maximum Gasteiger partial charge on any atom is 0.0898 e. The van der Waals surface area contributed by atoms with E-state index in [1.165, 1.54) is 11.3 Å². The summed E-state index contributed by atoms with van der Waals surface area (Å²) in [7, 11) is 0. The van der Waals surface area contributed by atoms with Crippen molar-refractivity contribution in [1.82, 2.24) is 0 Å². The number of aryl methyl sites for hydroxylation is 1. The van der Waals surface area contributed by atoms with Gasteiger partial charge in [-0.15, -0.1) is 0 Å². The molecule has 3 atom stereocenters. The third kappa shape index (κ3) is 2.63. The first-order valence-corrected chi connectivity index (χ1v) is 8.69. The maximum absolute atomic E-state index is 11.1. The predicted octanol–water partition coefficient (Wildman–Crippen LogP) is 3.50. The molecule has 3 rings (SSSR count). The summed E-state index contributed by atoms with van der Waals surface area (Å²) in [4.78, 5) is 0. The van der Waals surface area contributed by atoms with Gasteiger partial charge in [0, 0.05) is 12.4 Å². The summed E-state index contributed by atoms with van der Waals surface area (Å²) >= 11 is 1.98. The summed E-state index contributed by atoms with van der Waals surface area (Å²) in [5.74, 6) is 2.57. The summed E-state index contributed by atoms with van der Waals surface area (Å²) in [6, 6.07) is 8.29. The number of aliphatic hydroxyl groups is 1. The molecule has 2 fully saturated rings. The number of benzene rings is 1. The lowest BCUT2D eigenvalue weighted by atomic mass is 9.73. The van der Waals surface area contributed by atoms with Crippen molar-refractivity contribution >= 4 is 11.8 Å². The van der Waals surface area contributed by atoms with Crippen molar-refractivity contribution in [2.45, 2.75) is 44.3 Å². The zero-order chi connectivity index (χ0) is 14.2. The molecule has 2 aliphatic heterocycles. The molecule has 0 saturated carbocycles. The van der Waals surface area contributed by atoms with E-state index in [0.29, 0.717) is 0 Å². The Labute approximate surface area is 125 Å². The van der Waals surface area contributed by atoms with E-state index < -0.39 is 5.60 Å². The Hall–Kier alpha value is -0.510. The molecule has 1 N–H and O–H groups in total. The van der Waals surface area contributed by atoms with Crippen LogP contribution in [0.1, 0.15) is 37.3 Å². The fraction of sp³-hybridized carbons (Fsp3) is 0.647. The molecule has 0 amide bonds. The minimum Gasteiger partial charge on any atom is -0.385 e. The van der Waals surface area contributed by atoms with Gasteiger partial charge in [-0.2, -0.15) is 11.8 Å². The van der Waals surface area contributed by atoms with Crippen LogP contribution >= 0.6 is 11.8 Å². The zero-order valence-electron chi connectivity index (χ0n) is 12.4. The molecule has 0 radical (unpaired) electrons. The van der Waals surface area contributed by atoms with Gasteiger partial charge >= 0.3 is 0 Å². The van der Waals surface area contributed by atoms with E-state index in [2.05, 4.69) is 25.1 Å². The number of hydrogen-bond acceptors (Lipinski definition) is 3. The number of ether oxygens (including phenoxy) is 1.